The van der Waals surface area contributed by atoms with Gasteiger partial charge in [0.15, 0.2) is 0 Å². The molecule has 4 rings (SSSR count). The van der Waals surface area contributed by atoms with E-state index in [4.69, 9.17) is 0 Å². The van der Waals surface area contributed by atoms with Gasteiger partial charge in [-0.15, -0.1) is 6.58 Å². The smallest absolute Gasteiger partial charge is 0.240 e. The number of H-pyrrole nitrogens is 1. The first kappa shape index (κ1) is 19.2. The molecule has 2 atom stereocenters. The Kier molecular flexibility index (Phi) is 5.56. The molecule has 0 aliphatic carbocycles. The lowest BCUT2D eigenvalue weighted by molar-refractivity contribution is -0.135. The van der Waals surface area contributed by atoms with Crippen molar-refractivity contribution in [3.05, 3.63) is 48.2 Å². The maximum atomic E-state index is 13.4. The summed E-state index contributed by atoms with van der Waals surface area (Å²) >= 11 is 0. The summed E-state index contributed by atoms with van der Waals surface area (Å²) in [5.74, 6) is 0.806. The summed E-state index contributed by atoms with van der Waals surface area (Å²) in [4.78, 5) is 21.2. The zero-order chi connectivity index (χ0) is 19.7. The van der Waals surface area contributed by atoms with E-state index in [1.54, 1.807) is 0 Å². The molecule has 1 aromatic carbocycles. The van der Waals surface area contributed by atoms with Gasteiger partial charge in [0.2, 0.25) is 5.91 Å². The highest BCUT2D eigenvalue weighted by Crippen LogP contribution is 2.34. The van der Waals surface area contributed by atoms with Gasteiger partial charge in [0.05, 0.1) is 6.04 Å². The number of amides is 1. The van der Waals surface area contributed by atoms with Crippen LogP contribution in [0.4, 0.5) is 0 Å². The van der Waals surface area contributed by atoms with Gasteiger partial charge in [-0.2, -0.15) is 0 Å². The van der Waals surface area contributed by atoms with E-state index in [1.807, 2.05) is 11.0 Å². The molecule has 2 aromatic rings. The Hall–Kier alpha value is -2.11. The Bertz CT molecular complexity index is 847. The predicted molar refractivity (Wildman–Crippen MR) is 114 cm³/mol. The molecule has 150 valence electrons. The molecule has 5 nitrogen and oxygen atoms in total. The minimum Gasteiger partial charge on any atom is -0.361 e. The Labute approximate surface area is 167 Å². The van der Waals surface area contributed by atoms with Gasteiger partial charge in [0.25, 0.3) is 0 Å². The minimum atomic E-state index is -0.166. The molecule has 3 heterocycles. The molecule has 0 radical (unpaired) electrons. The predicted octanol–water partition coefficient (Wildman–Crippen LogP) is 3.10. The maximum Gasteiger partial charge on any atom is 0.240 e. The zero-order valence-corrected chi connectivity index (χ0v) is 17.1. The summed E-state index contributed by atoms with van der Waals surface area (Å²) in [5.41, 5.74) is 3.76. The summed E-state index contributed by atoms with van der Waals surface area (Å²) in [6.07, 6.45) is 5.81. The Morgan fingerprint density at radius 2 is 2.07 bits per heavy atom. The van der Waals surface area contributed by atoms with Crippen molar-refractivity contribution < 1.29 is 4.79 Å². The average molecular weight is 381 g/mol. The molecule has 2 aliphatic heterocycles. The lowest BCUT2D eigenvalue weighted by Crippen LogP contribution is -2.54. The standard InChI is InChI=1S/C23H32N4O/c1-4-8-26-9-11-27(12-10-26)23(28)21-14-17-15-24-19-7-5-6-18(22(17)19)20(25-21)13-16(2)3/h4-7,15-16,20-21,24-25H,1,8-14H2,2-3H3. The molecule has 2 unspecified atom stereocenters. The molecular weight excluding hydrogens is 348 g/mol. The van der Waals surface area contributed by atoms with E-state index in [0.717, 1.165) is 45.6 Å². The molecule has 28 heavy (non-hydrogen) atoms. The number of hydrogen-bond acceptors (Lipinski definition) is 3. The van der Waals surface area contributed by atoms with Crippen molar-refractivity contribution in [2.75, 3.05) is 32.7 Å². The molecule has 1 amide bonds. The van der Waals surface area contributed by atoms with Crippen LogP contribution in [0.15, 0.2) is 37.1 Å². The number of rotatable bonds is 5. The van der Waals surface area contributed by atoms with Crippen molar-refractivity contribution in [2.24, 2.45) is 5.92 Å². The van der Waals surface area contributed by atoms with E-state index >= 15 is 0 Å². The largest absolute Gasteiger partial charge is 0.361 e. The van der Waals surface area contributed by atoms with Gasteiger partial charge in [0.1, 0.15) is 0 Å². The van der Waals surface area contributed by atoms with Crippen molar-refractivity contribution in [3.8, 4) is 0 Å². The fourth-order valence-electron chi connectivity index (χ4n) is 4.73. The average Bonchev–Trinajstić information content (AvgIpc) is 3.02. The number of carbonyl (C=O) groups is 1. The number of nitrogens with zero attached hydrogens (tertiary/aromatic N) is 2. The number of benzene rings is 1. The molecule has 2 N–H and O–H groups in total. The van der Waals surface area contributed by atoms with Crippen molar-refractivity contribution in [1.82, 2.24) is 20.1 Å². The Morgan fingerprint density at radius 1 is 1.29 bits per heavy atom. The highest BCUT2D eigenvalue weighted by molar-refractivity contribution is 5.90. The molecule has 1 aromatic heterocycles. The number of hydrogen-bond donors (Lipinski definition) is 2. The summed E-state index contributed by atoms with van der Waals surface area (Å²) < 4.78 is 0. The molecule has 0 spiro atoms. The number of carbonyl (C=O) groups excluding carboxylic acids is 1. The first-order valence-corrected chi connectivity index (χ1v) is 10.5. The fraction of sp³-hybridized carbons (Fsp3) is 0.522. The van der Waals surface area contributed by atoms with Crippen molar-refractivity contribution in [1.29, 1.82) is 0 Å². The van der Waals surface area contributed by atoms with Gasteiger partial charge in [-0.25, -0.2) is 0 Å². The van der Waals surface area contributed by atoms with Crippen molar-refractivity contribution in [3.63, 3.8) is 0 Å². The molecule has 0 bridgehead atoms. The van der Waals surface area contributed by atoms with Crippen LogP contribution < -0.4 is 5.32 Å². The van der Waals surface area contributed by atoms with Crippen LogP contribution in [0.2, 0.25) is 0 Å². The summed E-state index contributed by atoms with van der Waals surface area (Å²) in [6, 6.07) is 6.52. The van der Waals surface area contributed by atoms with Crippen LogP contribution in [0.3, 0.4) is 0 Å². The van der Waals surface area contributed by atoms with Gasteiger partial charge >= 0.3 is 0 Å². The van der Waals surface area contributed by atoms with E-state index in [1.165, 1.54) is 22.0 Å². The number of piperazine rings is 1. The third-order valence-corrected chi connectivity index (χ3v) is 6.10. The maximum absolute atomic E-state index is 13.4. The summed E-state index contributed by atoms with van der Waals surface area (Å²) in [7, 11) is 0. The molecule has 2 aliphatic rings. The molecule has 5 heteroatoms. The second-order valence-electron chi connectivity index (χ2n) is 8.60. The SMILES string of the molecule is C=CCN1CCN(C(=O)C2Cc3c[nH]c4cccc(c34)C(CC(C)C)N2)CC1. The summed E-state index contributed by atoms with van der Waals surface area (Å²) in [6.45, 7) is 12.7. The Balaban J connectivity index is 1.57. The monoisotopic (exact) mass is 380 g/mol. The lowest BCUT2D eigenvalue weighted by Gasteiger charge is -2.36. The normalized spacial score (nSPS) is 23.2. The van der Waals surface area contributed by atoms with Gasteiger partial charge in [-0.05, 0) is 36.0 Å². The number of nitrogens with one attached hydrogen (secondary N) is 2. The van der Waals surface area contributed by atoms with Crippen molar-refractivity contribution in [2.45, 2.75) is 38.8 Å². The highest BCUT2D eigenvalue weighted by Gasteiger charge is 2.33. The molecule has 0 saturated carbocycles. The van der Waals surface area contributed by atoms with Crippen LogP contribution in [-0.4, -0.2) is 59.5 Å². The van der Waals surface area contributed by atoms with E-state index in [2.05, 4.69) is 60.0 Å². The van der Waals surface area contributed by atoms with E-state index in [9.17, 15) is 4.79 Å². The molecular formula is C23H32N4O. The first-order chi connectivity index (χ1) is 13.6. The van der Waals surface area contributed by atoms with Gasteiger partial charge in [0, 0.05) is 55.9 Å². The van der Waals surface area contributed by atoms with Crippen LogP contribution in [0.5, 0.6) is 0 Å². The highest BCUT2D eigenvalue weighted by atomic mass is 16.2. The van der Waals surface area contributed by atoms with Gasteiger partial charge < -0.3 is 9.88 Å². The second-order valence-corrected chi connectivity index (χ2v) is 8.60. The van der Waals surface area contributed by atoms with Crippen LogP contribution >= 0.6 is 0 Å². The van der Waals surface area contributed by atoms with Crippen LogP contribution in [0.1, 0.15) is 37.4 Å². The number of aromatic amines is 1. The second kappa shape index (κ2) is 8.10. The van der Waals surface area contributed by atoms with Gasteiger partial charge in [-0.1, -0.05) is 32.1 Å². The van der Waals surface area contributed by atoms with Crippen LogP contribution in [0.25, 0.3) is 10.9 Å². The molecule has 1 fully saturated rings. The van der Waals surface area contributed by atoms with E-state index in [-0.39, 0.29) is 18.0 Å². The first-order valence-electron chi connectivity index (χ1n) is 10.5. The minimum absolute atomic E-state index is 0.166. The zero-order valence-electron chi connectivity index (χ0n) is 17.1. The summed E-state index contributed by atoms with van der Waals surface area (Å²) in [5, 5.41) is 5.05. The number of aromatic nitrogens is 1. The van der Waals surface area contributed by atoms with E-state index < -0.39 is 0 Å². The van der Waals surface area contributed by atoms with Crippen molar-refractivity contribution >= 4 is 16.8 Å². The third kappa shape index (κ3) is 3.74. The molecule has 1 saturated heterocycles. The lowest BCUT2D eigenvalue weighted by atomic mass is 9.94. The van der Waals surface area contributed by atoms with Gasteiger partial charge in [-0.3, -0.25) is 15.0 Å². The fourth-order valence-corrected chi connectivity index (χ4v) is 4.73. The quantitative estimate of drug-likeness (QED) is 0.784. The Morgan fingerprint density at radius 3 is 2.79 bits per heavy atom. The van der Waals surface area contributed by atoms with E-state index in [0.29, 0.717) is 5.92 Å². The third-order valence-electron chi connectivity index (χ3n) is 6.10. The van der Waals surface area contributed by atoms with Crippen LogP contribution in [0, 0.1) is 5.92 Å². The topological polar surface area (TPSA) is 51.4 Å². The van der Waals surface area contributed by atoms with Crippen LogP contribution in [-0.2, 0) is 11.2 Å².